The highest BCUT2D eigenvalue weighted by atomic mass is 32.2. The number of hydrogen-bond acceptors (Lipinski definition) is 5. The maximum absolute atomic E-state index is 12.9. The van der Waals surface area contributed by atoms with E-state index in [1.54, 1.807) is 0 Å². The molecule has 2 aromatic carbocycles. The van der Waals surface area contributed by atoms with Crippen LogP contribution < -0.4 is 5.32 Å². The number of carbonyl (C=O) groups excluding carboxylic acids is 1. The average molecular weight is 399 g/mol. The Morgan fingerprint density at radius 3 is 2.39 bits per heavy atom. The highest BCUT2D eigenvalue weighted by molar-refractivity contribution is 7.99. The largest absolute Gasteiger partial charge is 0.411 e. The molecular formula is C21H22FN3O2S. The lowest BCUT2D eigenvalue weighted by Gasteiger charge is -2.18. The van der Waals surface area contributed by atoms with Crippen LogP contribution in [0.5, 0.6) is 0 Å². The molecule has 0 atom stereocenters. The van der Waals surface area contributed by atoms with Gasteiger partial charge in [0.2, 0.25) is 11.8 Å². The quantitative estimate of drug-likeness (QED) is 0.570. The van der Waals surface area contributed by atoms with Gasteiger partial charge in [-0.05, 0) is 47.4 Å². The molecule has 0 aliphatic carbocycles. The van der Waals surface area contributed by atoms with E-state index < -0.39 is 0 Å². The predicted octanol–water partition coefficient (Wildman–Crippen LogP) is 5.29. The lowest BCUT2D eigenvalue weighted by Crippen LogP contribution is -2.12. The molecule has 0 spiro atoms. The molecule has 0 saturated carbocycles. The van der Waals surface area contributed by atoms with Gasteiger partial charge in [-0.25, -0.2) is 4.39 Å². The maximum atomic E-state index is 12.9. The number of aromatic nitrogens is 2. The second-order valence-corrected chi connectivity index (χ2v) is 8.40. The van der Waals surface area contributed by atoms with Gasteiger partial charge in [-0.3, -0.25) is 4.79 Å². The number of rotatable bonds is 6. The highest BCUT2D eigenvalue weighted by Crippen LogP contribution is 2.27. The molecule has 0 saturated heterocycles. The van der Waals surface area contributed by atoms with Crippen LogP contribution in [0, 0.1) is 5.82 Å². The van der Waals surface area contributed by atoms with Gasteiger partial charge in [0.25, 0.3) is 5.22 Å². The van der Waals surface area contributed by atoms with E-state index in [1.807, 2.05) is 12.1 Å². The maximum Gasteiger partial charge on any atom is 0.276 e. The highest BCUT2D eigenvalue weighted by Gasteiger charge is 2.15. The first-order valence-electron chi connectivity index (χ1n) is 8.94. The molecular weight excluding hydrogens is 377 g/mol. The third-order valence-corrected chi connectivity index (χ3v) is 4.91. The molecule has 3 aromatic rings. The van der Waals surface area contributed by atoms with E-state index in [-0.39, 0.29) is 23.6 Å². The van der Waals surface area contributed by atoms with Crippen molar-refractivity contribution in [3.8, 4) is 11.5 Å². The summed E-state index contributed by atoms with van der Waals surface area (Å²) in [4.78, 5) is 11.9. The van der Waals surface area contributed by atoms with Crippen molar-refractivity contribution in [3.05, 3.63) is 59.9 Å². The smallest absolute Gasteiger partial charge is 0.276 e. The number of benzene rings is 2. The molecule has 0 radical (unpaired) electrons. The summed E-state index contributed by atoms with van der Waals surface area (Å²) in [6.45, 7) is 6.49. The lowest BCUT2D eigenvalue weighted by atomic mass is 9.87. The van der Waals surface area contributed by atoms with Crippen LogP contribution in [0.25, 0.3) is 11.5 Å². The van der Waals surface area contributed by atoms with Gasteiger partial charge in [-0.15, -0.1) is 10.2 Å². The number of nitrogens with one attached hydrogen (secondary N) is 1. The zero-order valence-electron chi connectivity index (χ0n) is 16.0. The zero-order chi connectivity index (χ0) is 20.1. The number of anilines is 1. The first-order valence-corrected chi connectivity index (χ1v) is 9.92. The fourth-order valence-electron chi connectivity index (χ4n) is 2.49. The van der Waals surface area contributed by atoms with Gasteiger partial charge in [0.1, 0.15) is 5.82 Å². The Morgan fingerprint density at radius 2 is 1.75 bits per heavy atom. The predicted molar refractivity (Wildman–Crippen MR) is 109 cm³/mol. The van der Waals surface area contributed by atoms with E-state index in [2.05, 4.69) is 48.4 Å². The van der Waals surface area contributed by atoms with Crippen LogP contribution in [0.2, 0.25) is 0 Å². The first-order chi connectivity index (χ1) is 13.3. The van der Waals surface area contributed by atoms with Crippen LogP contribution in [-0.4, -0.2) is 21.9 Å². The first kappa shape index (κ1) is 20.1. The van der Waals surface area contributed by atoms with Crippen molar-refractivity contribution in [1.29, 1.82) is 0 Å². The summed E-state index contributed by atoms with van der Waals surface area (Å²) >= 11 is 1.32. The fraction of sp³-hybridized carbons (Fsp3) is 0.286. The second-order valence-electron chi connectivity index (χ2n) is 7.35. The van der Waals surface area contributed by atoms with Gasteiger partial charge in [0, 0.05) is 23.4 Å². The number of nitrogens with zero attached hydrogens (tertiary/aromatic N) is 2. The molecule has 0 bridgehead atoms. The van der Waals surface area contributed by atoms with Crippen molar-refractivity contribution in [2.45, 2.75) is 37.8 Å². The molecule has 1 aromatic heterocycles. The molecule has 28 heavy (non-hydrogen) atoms. The standard InChI is InChI=1S/C21H22FN3O2S/c1-21(2,3)15-6-4-14(5-7-15)19-24-25-20(27-19)28-13-12-18(26)23-17-10-8-16(22)9-11-17/h4-11H,12-13H2,1-3H3,(H,23,26). The molecule has 1 amide bonds. The van der Waals surface area contributed by atoms with E-state index >= 15 is 0 Å². The molecule has 5 nitrogen and oxygen atoms in total. The Kier molecular flexibility index (Phi) is 6.14. The van der Waals surface area contributed by atoms with Gasteiger partial charge in [-0.1, -0.05) is 44.7 Å². The number of carbonyl (C=O) groups is 1. The van der Waals surface area contributed by atoms with E-state index in [0.717, 1.165) is 5.56 Å². The van der Waals surface area contributed by atoms with Crippen molar-refractivity contribution in [2.24, 2.45) is 0 Å². The van der Waals surface area contributed by atoms with Gasteiger partial charge in [-0.2, -0.15) is 0 Å². The Labute approximate surface area is 167 Å². The summed E-state index contributed by atoms with van der Waals surface area (Å²) < 4.78 is 18.5. The van der Waals surface area contributed by atoms with E-state index in [9.17, 15) is 9.18 Å². The Hall–Kier alpha value is -2.67. The molecule has 3 rings (SSSR count). The monoisotopic (exact) mass is 399 g/mol. The van der Waals surface area contributed by atoms with Gasteiger partial charge < -0.3 is 9.73 Å². The minimum Gasteiger partial charge on any atom is -0.411 e. The summed E-state index contributed by atoms with van der Waals surface area (Å²) in [7, 11) is 0. The van der Waals surface area contributed by atoms with Crippen LogP contribution in [0.3, 0.4) is 0 Å². The van der Waals surface area contributed by atoms with Gasteiger partial charge in [0.15, 0.2) is 0 Å². The summed E-state index contributed by atoms with van der Waals surface area (Å²) in [5.41, 5.74) is 2.75. The van der Waals surface area contributed by atoms with Crippen molar-refractivity contribution in [2.75, 3.05) is 11.1 Å². The van der Waals surface area contributed by atoms with Crippen LogP contribution in [0.1, 0.15) is 32.8 Å². The molecule has 1 N–H and O–H groups in total. The van der Waals surface area contributed by atoms with E-state index in [1.165, 1.54) is 41.6 Å². The van der Waals surface area contributed by atoms with Crippen LogP contribution in [-0.2, 0) is 10.2 Å². The summed E-state index contributed by atoms with van der Waals surface area (Å²) in [5, 5.41) is 11.2. The number of thioether (sulfide) groups is 1. The molecule has 0 unspecified atom stereocenters. The molecule has 0 aliphatic heterocycles. The third kappa shape index (κ3) is 5.42. The normalized spacial score (nSPS) is 11.4. The SMILES string of the molecule is CC(C)(C)c1ccc(-c2nnc(SCCC(=O)Nc3ccc(F)cc3)o2)cc1. The molecule has 7 heteroatoms. The van der Waals surface area contributed by atoms with Crippen LogP contribution in [0.15, 0.2) is 58.2 Å². The fourth-order valence-corrected chi connectivity index (χ4v) is 3.18. The van der Waals surface area contributed by atoms with E-state index in [4.69, 9.17) is 4.42 Å². The minimum absolute atomic E-state index is 0.0862. The van der Waals surface area contributed by atoms with Gasteiger partial charge >= 0.3 is 0 Å². The lowest BCUT2D eigenvalue weighted by molar-refractivity contribution is -0.115. The van der Waals surface area contributed by atoms with Crippen LogP contribution in [0.4, 0.5) is 10.1 Å². The summed E-state index contributed by atoms with van der Waals surface area (Å²) in [5.74, 6) is 0.460. The van der Waals surface area contributed by atoms with Gasteiger partial charge in [0.05, 0.1) is 0 Å². The van der Waals surface area contributed by atoms with Crippen LogP contribution >= 0.6 is 11.8 Å². The van der Waals surface area contributed by atoms with Crippen molar-refractivity contribution in [3.63, 3.8) is 0 Å². The zero-order valence-corrected chi connectivity index (χ0v) is 16.8. The number of hydrogen-bond donors (Lipinski definition) is 1. The Morgan fingerprint density at radius 1 is 1.07 bits per heavy atom. The van der Waals surface area contributed by atoms with Crippen molar-refractivity contribution >= 4 is 23.4 Å². The number of amides is 1. The topological polar surface area (TPSA) is 68.0 Å². The molecule has 0 aliphatic rings. The van der Waals surface area contributed by atoms with Crippen molar-refractivity contribution < 1.29 is 13.6 Å². The Bertz CT molecular complexity index is 932. The molecule has 146 valence electrons. The minimum atomic E-state index is -0.339. The third-order valence-electron chi connectivity index (χ3n) is 4.09. The second kappa shape index (κ2) is 8.56. The number of halogens is 1. The Balaban J connectivity index is 1.50. The summed E-state index contributed by atoms with van der Waals surface area (Å²) in [6.07, 6.45) is 0.278. The average Bonchev–Trinajstić information content (AvgIpc) is 3.12. The molecule has 1 heterocycles. The summed E-state index contributed by atoms with van der Waals surface area (Å²) in [6, 6.07) is 13.7. The van der Waals surface area contributed by atoms with E-state index in [0.29, 0.717) is 22.6 Å². The van der Waals surface area contributed by atoms with Crippen molar-refractivity contribution in [1.82, 2.24) is 10.2 Å². The molecule has 0 fully saturated rings.